The molecule has 2 aromatic heterocycles. The fourth-order valence-electron chi connectivity index (χ4n) is 3.01. The molecule has 0 saturated carbocycles. The lowest BCUT2D eigenvalue weighted by atomic mass is 9.94. The van der Waals surface area contributed by atoms with Crippen molar-refractivity contribution in [1.29, 1.82) is 5.26 Å². The summed E-state index contributed by atoms with van der Waals surface area (Å²) in [7, 11) is 1.56. The molecule has 0 saturated heterocycles. The number of fused-ring (bicyclic) bond motifs is 1. The van der Waals surface area contributed by atoms with Gasteiger partial charge in [-0.15, -0.1) is 11.3 Å². The molecular formula is C20H21N3O5S. The Morgan fingerprint density at radius 2 is 2.34 bits per heavy atom. The van der Waals surface area contributed by atoms with Gasteiger partial charge in [0, 0.05) is 36.6 Å². The second kappa shape index (κ2) is 9.91. The summed E-state index contributed by atoms with van der Waals surface area (Å²) in [4.78, 5) is 25.0. The Balaban J connectivity index is 1.63. The lowest BCUT2D eigenvalue weighted by Gasteiger charge is -2.22. The summed E-state index contributed by atoms with van der Waals surface area (Å²) in [6, 6.07) is 3.93. The molecule has 2 N–H and O–H groups in total. The largest absolute Gasteiger partial charge is 0.472 e. The molecule has 0 fully saturated rings. The first-order valence-electron chi connectivity index (χ1n) is 9.10. The van der Waals surface area contributed by atoms with Crippen LogP contribution in [0, 0.1) is 11.3 Å². The van der Waals surface area contributed by atoms with E-state index in [1.54, 1.807) is 19.3 Å². The molecule has 2 heterocycles. The Morgan fingerprint density at radius 3 is 3.07 bits per heavy atom. The van der Waals surface area contributed by atoms with E-state index in [-0.39, 0.29) is 12.0 Å². The monoisotopic (exact) mass is 415 g/mol. The van der Waals surface area contributed by atoms with Crippen molar-refractivity contribution >= 4 is 34.4 Å². The van der Waals surface area contributed by atoms with Crippen LogP contribution in [0.1, 0.15) is 28.0 Å². The number of carbonyl (C=O) groups is 2. The van der Waals surface area contributed by atoms with Crippen LogP contribution >= 0.6 is 11.3 Å². The summed E-state index contributed by atoms with van der Waals surface area (Å²) in [5.41, 5.74) is 2.18. The predicted molar refractivity (Wildman–Crippen MR) is 108 cm³/mol. The minimum atomic E-state index is -0.481. The molecule has 0 bridgehead atoms. The first kappa shape index (κ1) is 20.6. The number of rotatable bonds is 7. The highest BCUT2D eigenvalue weighted by Gasteiger charge is 2.28. The topological polar surface area (TPSA) is 114 Å². The summed E-state index contributed by atoms with van der Waals surface area (Å²) in [5, 5.41) is 15.5. The van der Waals surface area contributed by atoms with Crippen LogP contribution in [0.4, 0.5) is 9.80 Å². The van der Waals surface area contributed by atoms with Gasteiger partial charge in [-0.05, 0) is 30.5 Å². The summed E-state index contributed by atoms with van der Waals surface area (Å²) in [6.07, 6.45) is 7.09. The van der Waals surface area contributed by atoms with E-state index in [0.29, 0.717) is 43.0 Å². The predicted octanol–water partition coefficient (Wildman–Crippen LogP) is 3.09. The number of hydrogen-bond acceptors (Lipinski definition) is 7. The molecule has 1 aliphatic carbocycles. The van der Waals surface area contributed by atoms with Gasteiger partial charge in [-0.2, -0.15) is 5.26 Å². The van der Waals surface area contributed by atoms with Crippen LogP contribution in [-0.2, 0) is 27.1 Å². The van der Waals surface area contributed by atoms with Crippen molar-refractivity contribution in [2.24, 2.45) is 0 Å². The molecule has 1 aliphatic rings. The van der Waals surface area contributed by atoms with Crippen molar-refractivity contribution in [3.63, 3.8) is 0 Å². The standard InChI is InChI=1S/C20H21N3O5S/c1-26-9-7-22-20(25)28-14-3-4-15-16(11-21)19(29-17(15)10-14)23-18(24)5-2-13-6-8-27-12-13/h2,5-6,8,12,14H,3-4,7,9-10H2,1H3,(H,22,25)(H,23,24)/b5-2+. The lowest BCUT2D eigenvalue weighted by Crippen LogP contribution is -2.33. The third-order valence-corrected chi connectivity index (χ3v) is 5.56. The number of anilines is 1. The van der Waals surface area contributed by atoms with Gasteiger partial charge in [0.25, 0.3) is 0 Å². The maximum absolute atomic E-state index is 12.2. The zero-order chi connectivity index (χ0) is 20.6. The maximum Gasteiger partial charge on any atom is 0.407 e. The van der Waals surface area contributed by atoms with Gasteiger partial charge in [0.2, 0.25) is 5.91 Å². The number of amides is 2. The highest BCUT2D eigenvalue weighted by molar-refractivity contribution is 7.16. The minimum Gasteiger partial charge on any atom is -0.472 e. The third-order valence-electron chi connectivity index (χ3n) is 4.39. The van der Waals surface area contributed by atoms with Crippen molar-refractivity contribution in [2.45, 2.75) is 25.4 Å². The Labute approximate surface area is 172 Å². The van der Waals surface area contributed by atoms with Gasteiger partial charge < -0.3 is 24.5 Å². The lowest BCUT2D eigenvalue weighted by molar-refractivity contribution is -0.111. The molecule has 9 heteroatoms. The SMILES string of the molecule is COCCNC(=O)OC1CCc2c(sc(NC(=O)/C=C/c3ccoc3)c2C#N)C1. The van der Waals surface area contributed by atoms with Gasteiger partial charge >= 0.3 is 6.09 Å². The fraction of sp³-hybridized carbons (Fsp3) is 0.350. The number of carbonyl (C=O) groups excluding carboxylic acids is 2. The molecule has 152 valence electrons. The van der Waals surface area contributed by atoms with E-state index in [9.17, 15) is 14.9 Å². The van der Waals surface area contributed by atoms with Crippen molar-refractivity contribution in [2.75, 3.05) is 25.6 Å². The van der Waals surface area contributed by atoms with Gasteiger partial charge in [-0.3, -0.25) is 4.79 Å². The Kier molecular flexibility index (Phi) is 7.05. The number of nitrogens with one attached hydrogen (secondary N) is 2. The number of alkyl carbamates (subject to hydrolysis) is 1. The smallest absolute Gasteiger partial charge is 0.407 e. The molecule has 1 unspecified atom stereocenters. The van der Waals surface area contributed by atoms with Crippen LogP contribution in [0.15, 0.2) is 29.1 Å². The van der Waals surface area contributed by atoms with Gasteiger partial charge in [-0.1, -0.05) is 0 Å². The van der Waals surface area contributed by atoms with Crippen LogP contribution in [-0.4, -0.2) is 38.4 Å². The summed E-state index contributed by atoms with van der Waals surface area (Å²) >= 11 is 1.35. The van der Waals surface area contributed by atoms with E-state index >= 15 is 0 Å². The fourth-order valence-corrected chi connectivity index (χ4v) is 4.27. The van der Waals surface area contributed by atoms with Gasteiger partial charge in [0.15, 0.2) is 0 Å². The minimum absolute atomic E-state index is 0.264. The molecule has 2 amide bonds. The first-order chi connectivity index (χ1) is 14.1. The van der Waals surface area contributed by atoms with E-state index in [4.69, 9.17) is 13.9 Å². The number of thiophene rings is 1. The molecule has 2 aromatic rings. The van der Waals surface area contributed by atoms with Gasteiger partial charge in [0.05, 0.1) is 24.7 Å². The van der Waals surface area contributed by atoms with E-state index in [1.165, 1.54) is 29.9 Å². The quantitative estimate of drug-likeness (QED) is 0.531. The molecule has 8 nitrogen and oxygen atoms in total. The average molecular weight is 415 g/mol. The Bertz CT molecular complexity index is 927. The first-order valence-corrected chi connectivity index (χ1v) is 9.91. The highest BCUT2D eigenvalue weighted by Crippen LogP contribution is 2.38. The van der Waals surface area contributed by atoms with Crippen molar-refractivity contribution in [1.82, 2.24) is 5.32 Å². The zero-order valence-electron chi connectivity index (χ0n) is 15.9. The van der Waals surface area contributed by atoms with Gasteiger partial charge in [-0.25, -0.2) is 4.79 Å². The van der Waals surface area contributed by atoms with E-state index in [2.05, 4.69) is 16.7 Å². The molecular weight excluding hydrogens is 394 g/mol. The summed E-state index contributed by atoms with van der Waals surface area (Å²) in [5.74, 6) is -0.327. The average Bonchev–Trinajstić information content (AvgIpc) is 3.33. The van der Waals surface area contributed by atoms with E-state index in [1.807, 2.05) is 0 Å². The molecule has 29 heavy (non-hydrogen) atoms. The van der Waals surface area contributed by atoms with Crippen LogP contribution < -0.4 is 10.6 Å². The number of methoxy groups -OCH3 is 1. The number of nitriles is 1. The van der Waals surface area contributed by atoms with Crippen molar-refractivity contribution in [3.8, 4) is 6.07 Å². The second-order valence-corrected chi connectivity index (χ2v) is 7.49. The van der Waals surface area contributed by atoms with E-state index < -0.39 is 6.09 Å². The summed E-state index contributed by atoms with van der Waals surface area (Å²) in [6.45, 7) is 0.797. The third kappa shape index (κ3) is 5.47. The normalized spacial score (nSPS) is 15.5. The van der Waals surface area contributed by atoms with E-state index in [0.717, 1.165) is 16.0 Å². The number of nitrogens with zero attached hydrogens (tertiary/aromatic N) is 1. The number of hydrogen-bond donors (Lipinski definition) is 2. The van der Waals surface area contributed by atoms with Gasteiger partial charge in [0.1, 0.15) is 17.2 Å². The van der Waals surface area contributed by atoms with Crippen LogP contribution in [0.2, 0.25) is 0 Å². The van der Waals surface area contributed by atoms with Crippen molar-refractivity contribution in [3.05, 3.63) is 46.2 Å². The molecule has 0 spiro atoms. The molecule has 3 rings (SSSR count). The Hall–Kier alpha value is -3.09. The summed E-state index contributed by atoms with van der Waals surface area (Å²) < 4.78 is 15.3. The second-order valence-electron chi connectivity index (χ2n) is 6.39. The number of ether oxygens (including phenoxy) is 2. The van der Waals surface area contributed by atoms with Crippen molar-refractivity contribution < 1.29 is 23.5 Å². The molecule has 0 aromatic carbocycles. The molecule has 0 aliphatic heterocycles. The molecule has 1 atom stereocenters. The number of furan rings is 1. The van der Waals surface area contributed by atoms with Crippen LogP contribution in [0.3, 0.4) is 0 Å². The van der Waals surface area contributed by atoms with Crippen LogP contribution in [0.5, 0.6) is 0 Å². The molecule has 0 radical (unpaired) electrons. The Morgan fingerprint density at radius 1 is 1.48 bits per heavy atom. The highest BCUT2D eigenvalue weighted by atomic mass is 32.1. The van der Waals surface area contributed by atoms with Crippen LogP contribution in [0.25, 0.3) is 6.08 Å². The maximum atomic E-state index is 12.2. The zero-order valence-corrected chi connectivity index (χ0v) is 16.7.